The maximum Gasteiger partial charge on any atom is 0.315 e. The average Bonchev–Trinajstić information content (AvgIpc) is 3.41. The first-order valence-electron chi connectivity index (χ1n) is 13.2. The van der Waals surface area contributed by atoms with Crippen molar-refractivity contribution in [2.45, 2.75) is 25.7 Å². The van der Waals surface area contributed by atoms with Crippen molar-refractivity contribution in [1.29, 1.82) is 0 Å². The lowest BCUT2D eigenvalue weighted by molar-refractivity contribution is -0.152. The van der Waals surface area contributed by atoms with Crippen LogP contribution in [0.3, 0.4) is 0 Å². The van der Waals surface area contributed by atoms with Crippen molar-refractivity contribution in [1.82, 2.24) is 0 Å². The Morgan fingerprint density at radius 1 is 0.884 bits per heavy atom. The third-order valence-corrected chi connectivity index (χ3v) is 8.89. The fourth-order valence-electron chi connectivity index (χ4n) is 6.10. The highest BCUT2D eigenvalue weighted by Gasteiger charge is 2.67. The first kappa shape index (κ1) is 31.0. The predicted molar refractivity (Wildman–Crippen MR) is 164 cm³/mol. The summed E-state index contributed by atoms with van der Waals surface area (Å²) in [5.41, 5.74) is -1.21. The second-order valence-corrected chi connectivity index (χ2v) is 11.9. The zero-order chi connectivity index (χ0) is 31.2. The SMILES string of the molecule is CCOC(=O)[C@H]1C(C(=O)c2ccc(Cl)cc2Cl)=C[C@@H](CC(=O)c2ccc(Cl)cc2Cl)[C@@]12C(=O)N(C(C)=O)c1ccccc12. The van der Waals surface area contributed by atoms with Crippen molar-refractivity contribution in [3.8, 4) is 0 Å². The number of rotatable bonds is 7. The number of allylic oxidation sites excluding steroid dienone is 1. The van der Waals surface area contributed by atoms with Crippen LogP contribution in [0.4, 0.5) is 5.69 Å². The molecule has 2 amide bonds. The fourth-order valence-corrected chi connectivity index (χ4v) is 7.11. The molecule has 0 unspecified atom stereocenters. The van der Waals surface area contributed by atoms with E-state index in [-0.39, 0.29) is 45.5 Å². The molecule has 11 heteroatoms. The van der Waals surface area contributed by atoms with Crippen LogP contribution in [0.25, 0.3) is 0 Å². The Bertz CT molecular complexity index is 1750. The van der Waals surface area contributed by atoms with E-state index in [1.807, 2.05) is 0 Å². The van der Waals surface area contributed by atoms with E-state index in [0.717, 1.165) is 4.90 Å². The van der Waals surface area contributed by atoms with Gasteiger partial charge in [-0.25, -0.2) is 4.90 Å². The van der Waals surface area contributed by atoms with Gasteiger partial charge in [0.15, 0.2) is 11.6 Å². The average molecular weight is 659 g/mol. The Morgan fingerprint density at radius 3 is 2.07 bits per heavy atom. The number of imide groups is 1. The summed E-state index contributed by atoms with van der Waals surface area (Å²) in [6.45, 7) is 2.77. The van der Waals surface area contributed by atoms with Gasteiger partial charge in [0.05, 0.1) is 22.3 Å². The minimum atomic E-state index is -1.87. The van der Waals surface area contributed by atoms with Gasteiger partial charge in [-0.05, 0) is 55.0 Å². The largest absolute Gasteiger partial charge is 0.465 e. The van der Waals surface area contributed by atoms with E-state index in [1.165, 1.54) is 49.4 Å². The number of benzene rings is 3. The smallest absolute Gasteiger partial charge is 0.315 e. The monoisotopic (exact) mass is 657 g/mol. The number of Topliss-reactive ketones (excluding diaryl/α,β-unsaturated/α-hetero) is 2. The molecule has 3 atom stereocenters. The van der Waals surface area contributed by atoms with Gasteiger partial charge in [0.2, 0.25) is 11.8 Å². The van der Waals surface area contributed by atoms with Crippen LogP contribution in [0.2, 0.25) is 20.1 Å². The number of amides is 2. The Hall–Kier alpha value is -3.49. The Labute approximate surface area is 267 Å². The minimum absolute atomic E-state index is 0.0334. The van der Waals surface area contributed by atoms with Crippen molar-refractivity contribution in [3.05, 3.63) is 109 Å². The Balaban J connectivity index is 1.76. The second-order valence-electron chi connectivity index (χ2n) is 10.2. The van der Waals surface area contributed by atoms with Gasteiger partial charge >= 0.3 is 5.97 Å². The van der Waals surface area contributed by atoms with Gasteiger partial charge in [-0.15, -0.1) is 0 Å². The lowest BCUT2D eigenvalue weighted by atomic mass is 9.64. The molecule has 1 spiro atoms. The molecule has 0 radical (unpaired) electrons. The molecule has 0 saturated carbocycles. The van der Waals surface area contributed by atoms with Gasteiger partial charge < -0.3 is 4.74 Å². The molecule has 43 heavy (non-hydrogen) atoms. The van der Waals surface area contributed by atoms with Crippen LogP contribution in [0, 0.1) is 11.8 Å². The van der Waals surface area contributed by atoms with Crippen molar-refractivity contribution >= 4 is 81.4 Å². The van der Waals surface area contributed by atoms with Crippen molar-refractivity contribution < 1.29 is 28.7 Å². The summed E-state index contributed by atoms with van der Waals surface area (Å²) >= 11 is 24.8. The number of hydrogen-bond acceptors (Lipinski definition) is 6. The van der Waals surface area contributed by atoms with Crippen LogP contribution >= 0.6 is 46.4 Å². The second kappa shape index (κ2) is 11.9. The highest BCUT2D eigenvalue weighted by atomic mass is 35.5. The Kier molecular flexibility index (Phi) is 8.56. The maximum absolute atomic E-state index is 14.6. The lowest BCUT2D eigenvalue weighted by Crippen LogP contribution is -2.52. The number of ether oxygens (including phenoxy) is 1. The van der Waals surface area contributed by atoms with Crippen LogP contribution in [-0.4, -0.2) is 36.0 Å². The zero-order valence-electron chi connectivity index (χ0n) is 22.8. The number of hydrogen-bond donors (Lipinski definition) is 0. The number of carbonyl (C=O) groups is 5. The number of anilines is 1. The third-order valence-electron chi connectivity index (χ3n) is 7.79. The molecule has 3 aromatic carbocycles. The molecule has 1 heterocycles. The summed E-state index contributed by atoms with van der Waals surface area (Å²) in [5, 5.41) is 0.751. The maximum atomic E-state index is 14.6. The molecule has 0 saturated heterocycles. The highest BCUT2D eigenvalue weighted by Crippen LogP contribution is 2.59. The number of fused-ring (bicyclic) bond motifs is 2. The topological polar surface area (TPSA) is 97.8 Å². The number of ketones is 2. The fraction of sp³-hybridized carbons (Fsp3) is 0.219. The van der Waals surface area contributed by atoms with Gasteiger partial charge in [0.1, 0.15) is 11.3 Å². The number of esters is 1. The van der Waals surface area contributed by atoms with Crippen LogP contribution in [0.1, 0.15) is 46.5 Å². The molecular weight excluding hydrogens is 636 g/mol. The van der Waals surface area contributed by atoms with E-state index in [9.17, 15) is 24.0 Å². The normalized spacial score (nSPS) is 20.7. The number of halogens is 4. The molecule has 0 N–H and O–H groups in total. The molecular formula is C32H23Cl4NO6. The lowest BCUT2D eigenvalue weighted by Gasteiger charge is -2.35. The van der Waals surface area contributed by atoms with Gasteiger partial charge in [-0.1, -0.05) is 70.7 Å². The summed E-state index contributed by atoms with van der Waals surface area (Å²) in [6, 6.07) is 15.2. The van der Waals surface area contributed by atoms with Crippen LogP contribution in [0.15, 0.2) is 72.3 Å². The molecule has 0 fully saturated rings. The van der Waals surface area contributed by atoms with E-state index in [2.05, 4.69) is 0 Å². The molecule has 0 bridgehead atoms. The van der Waals surface area contributed by atoms with Crippen LogP contribution in [-0.2, 0) is 24.5 Å². The van der Waals surface area contributed by atoms with Gasteiger partial charge in [-0.2, -0.15) is 0 Å². The first-order valence-corrected chi connectivity index (χ1v) is 14.8. The molecule has 220 valence electrons. The minimum Gasteiger partial charge on any atom is -0.465 e. The van der Waals surface area contributed by atoms with Gasteiger partial charge in [0, 0.05) is 46.0 Å². The quantitative estimate of drug-likeness (QED) is 0.195. The van der Waals surface area contributed by atoms with E-state index < -0.39 is 46.6 Å². The van der Waals surface area contributed by atoms with Crippen molar-refractivity contribution in [2.24, 2.45) is 11.8 Å². The summed E-state index contributed by atoms with van der Waals surface area (Å²) in [5.74, 6) is -5.89. The first-order chi connectivity index (χ1) is 20.4. The van der Waals surface area contributed by atoms with Crippen molar-refractivity contribution in [3.63, 3.8) is 0 Å². The van der Waals surface area contributed by atoms with Gasteiger partial charge in [0.25, 0.3) is 0 Å². The van der Waals surface area contributed by atoms with Crippen LogP contribution < -0.4 is 4.90 Å². The summed E-state index contributed by atoms with van der Waals surface area (Å²) < 4.78 is 5.45. The molecule has 3 aromatic rings. The van der Waals surface area contributed by atoms with E-state index in [0.29, 0.717) is 15.6 Å². The summed E-state index contributed by atoms with van der Waals surface area (Å²) in [6.07, 6.45) is 1.11. The standard InChI is InChI=1S/C32H23Cl4NO6/c1-3-43-30(41)28-22(29(40)21-11-9-19(34)15-25(21)36)12-17(13-27(39)20-10-8-18(33)14-24(20)35)32(28)23-6-4-5-7-26(23)37(16(2)38)31(32)42/h4-12,14-15,17,28H,3,13H2,1-2H3/t17-,28+,32-/m0/s1. The number of nitrogens with zero attached hydrogens (tertiary/aromatic N) is 1. The van der Waals surface area contributed by atoms with Crippen molar-refractivity contribution in [2.75, 3.05) is 11.5 Å². The molecule has 1 aliphatic carbocycles. The van der Waals surface area contributed by atoms with E-state index in [1.54, 1.807) is 31.2 Å². The zero-order valence-corrected chi connectivity index (χ0v) is 25.9. The number of carbonyl (C=O) groups excluding carboxylic acids is 5. The summed E-state index contributed by atoms with van der Waals surface area (Å²) in [4.78, 5) is 70.2. The molecule has 0 aromatic heterocycles. The highest BCUT2D eigenvalue weighted by molar-refractivity contribution is 6.38. The third kappa shape index (κ3) is 5.08. The molecule has 2 aliphatic rings. The molecule has 7 nitrogen and oxygen atoms in total. The van der Waals surface area contributed by atoms with Gasteiger partial charge in [-0.3, -0.25) is 24.0 Å². The van der Waals surface area contributed by atoms with Crippen LogP contribution in [0.5, 0.6) is 0 Å². The Morgan fingerprint density at radius 2 is 1.49 bits per heavy atom. The molecule has 5 rings (SSSR count). The van der Waals surface area contributed by atoms with E-state index in [4.69, 9.17) is 51.1 Å². The predicted octanol–water partition coefficient (Wildman–Crippen LogP) is 7.32. The molecule has 1 aliphatic heterocycles. The van der Waals surface area contributed by atoms with E-state index >= 15 is 0 Å². The summed E-state index contributed by atoms with van der Waals surface area (Å²) in [7, 11) is 0. The number of para-hydroxylation sites is 1.